The molecule has 0 spiro atoms. The number of nitrogens with zero attached hydrogens (tertiary/aromatic N) is 1. The Bertz CT molecular complexity index is 392. The second-order valence-electron chi connectivity index (χ2n) is 5.73. The molecule has 19 heavy (non-hydrogen) atoms. The molecule has 2 unspecified atom stereocenters. The van der Waals surface area contributed by atoms with Gasteiger partial charge in [-0.1, -0.05) is 26.7 Å². The van der Waals surface area contributed by atoms with Crippen molar-refractivity contribution in [2.45, 2.75) is 52.5 Å². The molecule has 1 N–H and O–H groups in total. The van der Waals surface area contributed by atoms with E-state index in [1.165, 1.54) is 25.7 Å². The third kappa shape index (κ3) is 3.62. The molecule has 0 radical (unpaired) electrons. The molecule has 1 aliphatic rings. The summed E-state index contributed by atoms with van der Waals surface area (Å²) in [4.78, 5) is 4.45. The van der Waals surface area contributed by atoms with Gasteiger partial charge >= 0.3 is 0 Å². The fraction of sp³-hybridized carbons (Fsp3) is 0.688. The fourth-order valence-electron chi connectivity index (χ4n) is 3.08. The van der Waals surface area contributed by atoms with Crippen molar-refractivity contribution >= 4 is 5.82 Å². The standard InChI is InChI=1S/C16H26N2O/c1-4-19-15-10-7-11-17-16(15)18-14-9-6-5-8-13(14)12(2)3/h7,10-14H,4-6,8-9H2,1-3H3,(H,17,18). The summed E-state index contributed by atoms with van der Waals surface area (Å²) in [6.45, 7) is 7.34. The highest BCUT2D eigenvalue weighted by Gasteiger charge is 2.28. The zero-order chi connectivity index (χ0) is 13.7. The van der Waals surface area contributed by atoms with Crippen LogP contribution in [0.15, 0.2) is 18.3 Å². The number of ether oxygens (including phenoxy) is 1. The largest absolute Gasteiger partial charge is 0.490 e. The molecule has 3 heteroatoms. The third-order valence-electron chi connectivity index (χ3n) is 4.07. The third-order valence-corrected chi connectivity index (χ3v) is 4.07. The van der Waals surface area contributed by atoms with E-state index in [9.17, 15) is 0 Å². The molecule has 2 rings (SSSR count). The highest BCUT2D eigenvalue weighted by atomic mass is 16.5. The first-order valence-electron chi connectivity index (χ1n) is 7.56. The van der Waals surface area contributed by atoms with Crippen LogP contribution in [0.2, 0.25) is 0 Å². The van der Waals surface area contributed by atoms with Crippen LogP contribution < -0.4 is 10.1 Å². The van der Waals surface area contributed by atoms with Crippen molar-refractivity contribution in [3.63, 3.8) is 0 Å². The van der Waals surface area contributed by atoms with E-state index in [1.807, 2.05) is 25.3 Å². The number of hydrogen-bond acceptors (Lipinski definition) is 3. The lowest BCUT2D eigenvalue weighted by molar-refractivity contribution is 0.252. The van der Waals surface area contributed by atoms with Gasteiger partial charge < -0.3 is 10.1 Å². The Balaban J connectivity index is 2.10. The van der Waals surface area contributed by atoms with E-state index in [4.69, 9.17) is 4.74 Å². The molecule has 1 aromatic rings. The van der Waals surface area contributed by atoms with Crippen LogP contribution >= 0.6 is 0 Å². The summed E-state index contributed by atoms with van der Waals surface area (Å²) in [5, 5.41) is 3.63. The summed E-state index contributed by atoms with van der Waals surface area (Å²) in [6.07, 6.45) is 7.08. The molecule has 0 aromatic carbocycles. The normalized spacial score (nSPS) is 23.4. The monoisotopic (exact) mass is 262 g/mol. The minimum Gasteiger partial charge on any atom is -0.490 e. The van der Waals surface area contributed by atoms with E-state index >= 15 is 0 Å². The predicted octanol–water partition coefficient (Wildman–Crippen LogP) is 4.11. The molecule has 1 fully saturated rings. The van der Waals surface area contributed by atoms with Crippen LogP contribution in [-0.2, 0) is 0 Å². The van der Waals surface area contributed by atoms with Gasteiger partial charge in [0.15, 0.2) is 11.6 Å². The Hall–Kier alpha value is -1.25. The van der Waals surface area contributed by atoms with Gasteiger partial charge in [-0.2, -0.15) is 0 Å². The lowest BCUT2D eigenvalue weighted by Crippen LogP contribution is -2.35. The number of nitrogens with one attached hydrogen (secondary N) is 1. The second kappa shape index (κ2) is 6.78. The molecule has 0 aliphatic heterocycles. The topological polar surface area (TPSA) is 34.1 Å². The maximum Gasteiger partial charge on any atom is 0.168 e. The van der Waals surface area contributed by atoms with Gasteiger partial charge in [0.1, 0.15) is 0 Å². The average molecular weight is 262 g/mol. The Morgan fingerprint density at radius 2 is 2.16 bits per heavy atom. The first-order chi connectivity index (χ1) is 9.22. The number of anilines is 1. The molecule has 1 heterocycles. The molecule has 1 aromatic heterocycles. The molecule has 106 valence electrons. The zero-order valence-corrected chi connectivity index (χ0v) is 12.4. The molecule has 0 bridgehead atoms. The zero-order valence-electron chi connectivity index (χ0n) is 12.4. The van der Waals surface area contributed by atoms with Crippen molar-refractivity contribution < 1.29 is 4.74 Å². The van der Waals surface area contributed by atoms with Crippen molar-refractivity contribution in [3.05, 3.63) is 18.3 Å². The quantitative estimate of drug-likeness (QED) is 0.867. The average Bonchev–Trinajstić information content (AvgIpc) is 2.42. The van der Waals surface area contributed by atoms with E-state index in [0.717, 1.165) is 23.4 Å². The minimum absolute atomic E-state index is 0.530. The smallest absolute Gasteiger partial charge is 0.168 e. The van der Waals surface area contributed by atoms with Gasteiger partial charge in [0.2, 0.25) is 0 Å². The molecule has 2 atom stereocenters. The summed E-state index contributed by atoms with van der Waals surface area (Å²) in [5.74, 6) is 3.24. The molecular weight excluding hydrogens is 236 g/mol. The van der Waals surface area contributed by atoms with Crippen LogP contribution in [0, 0.1) is 11.8 Å². The molecule has 0 amide bonds. The maximum atomic E-state index is 5.65. The predicted molar refractivity (Wildman–Crippen MR) is 79.6 cm³/mol. The van der Waals surface area contributed by atoms with Crippen LogP contribution in [0.1, 0.15) is 46.5 Å². The van der Waals surface area contributed by atoms with E-state index in [1.54, 1.807) is 0 Å². The summed E-state index contributed by atoms with van der Waals surface area (Å²) in [6, 6.07) is 4.45. The summed E-state index contributed by atoms with van der Waals surface area (Å²) in [7, 11) is 0. The van der Waals surface area contributed by atoms with Crippen molar-refractivity contribution in [2.75, 3.05) is 11.9 Å². The molecule has 1 aliphatic carbocycles. The summed E-state index contributed by atoms with van der Waals surface area (Å²) >= 11 is 0. The lowest BCUT2D eigenvalue weighted by atomic mass is 9.78. The van der Waals surface area contributed by atoms with E-state index in [-0.39, 0.29) is 0 Å². The Kier molecular flexibility index (Phi) is 5.06. The number of hydrogen-bond donors (Lipinski definition) is 1. The molecular formula is C16H26N2O. The molecule has 0 saturated heterocycles. The van der Waals surface area contributed by atoms with Crippen LogP contribution in [0.25, 0.3) is 0 Å². The fourth-order valence-corrected chi connectivity index (χ4v) is 3.08. The van der Waals surface area contributed by atoms with Crippen molar-refractivity contribution in [1.82, 2.24) is 4.98 Å². The van der Waals surface area contributed by atoms with E-state index in [0.29, 0.717) is 12.6 Å². The first-order valence-corrected chi connectivity index (χ1v) is 7.56. The lowest BCUT2D eigenvalue weighted by Gasteiger charge is -2.35. The van der Waals surface area contributed by atoms with Gasteiger partial charge in [-0.15, -0.1) is 0 Å². The second-order valence-corrected chi connectivity index (χ2v) is 5.73. The highest BCUT2D eigenvalue weighted by Crippen LogP contribution is 2.33. The van der Waals surface area contributed by atoms with Crippen molar-refractivity contribution in [2.24, 2.45) is 11.8 Å². The number of aromatic nitrogens is 1. The maximum absolute atomic E-state index is 5.65. The summed E-state index contributed by atoms with van der Waals surface area (Å²) in [5.41, 5.74) is 0. The molecule has 1 saturated carbocycles. The van der Waals surface area contributed by atoms with E-state index < -0.39 is 0 Å². The van der Waals surface area contributed by atoms with Gasteiger partial charge in [-0.05, 0) is 43.7 Å². The number of pyridine rings is 1. The Labute approximate surface area is 116 Å². The first kappa shape index (κ1) is 14.2. The highest BCUT2D eigenvalue weighted by molar-refractivity contribution is 5.50. The van der Waals surface area contributed by atoms with E-state index in [2.05, 4.69) is 24.1 Å². The van der Waals surface area contributed by atoms with Crippen LogP contribution in [0.3, 0.4) is 0 Å². The Morgan fingerprint density at radius 1 is 1.37 bits per heavy atom. The van der Waals surface area contributed by atoms with Crippen molar-refractivity contribution in [1.29, 1.82) is 0 Å². The van der Waals surface area contributed by atoms with Crippen LogP contribution in [-0.4, -0.2) is 17.6 Å². The van der Waals surface area contributed by atoms with Crippen LogP contribution in [0.4, 0.5) is 5.82 Å². The van der Waals surface area contributed by atoms with Gasteiger partial charge in [-0.25, -0.2) is 4.98 Å². The summed E-state index contributed by atoms with van der Waals surface area (Å²) < 4.78 is 5.65. The molecule has 3 nitrogen and oxygen atoms in total. The Morgan fingerprint density at radius 3 is 2.89 bits per heavy atom. The minimum atomic E-state index is 0.530. The van der Waals surface area contributed by atoms with Crippen molar-refractivity contribution in [3.8, 4) is 5.75 Å². The number of rotatable bonds is 5. The van der Waals surface area contributed by atoms with Gasteiger partial charge in [0, 0.05) is 12.2 Å². The van der Waals surface area contributed by atoms with Crippen LogP contribution in [0.5, 0.6) is 5.75 Å². The van der Waals surface area contributed by atoms with Gasteiger partial charge in [0.05, 0.1) is 6.61 Å². The van der Waals surface area contributed by atoms with Gasteiger partial charge in [0.25, 0.3) is 0 Å². The van der Waals surface area contributed by atoms with Gasteiger partial charge in [-0.3, -0.25) is 0 Å². The SMILES string of the molecule is CCOc1cccnc1NC1CCCCC1C(C)C.